The van der Waals surface area contributed by atoms with Crippen LogP contribution in [0.15, 0.2) is 0 Å². The standard InChI is InChI=1S/C19H39NO3.ClH/c1-3-4-5-6-7-8-9-10-11-12-13-14-15-16-17(21)18(20)19(22)23-2;/h17-18,21H,3-16,20H2,1-2H3;1H. The van der Waals surface area contributed by atoms with Crippen molar-refractivity contribution in [1.82, 2.24) is 0 Å². The van der Waals surface area contributed by atoms with E-state index in [2.05, 4.69) is 11.7 Å². The first-order chi connectivity index (χ1) is 11.1. The number of halogens is 1. The Kier molecular flexibility index (Phi) is 20.5. The van der Waals surface area contributed by atoms with Gasteiger partial charge in [0.25, 0.3) is 0 Å². The van der Waals surface area contributed by atoms with Gasteiger partial charge in [0.15, 0.2) is 0 Å². The number of hydrogen-bond acceptors (Lipinski definition) is 4. The number of ether oxygens (including phenoxy) is 1. The van der Waals surface area contributed by atoms with E-state index in [1.165, 1.54) is 77.7 Å². The van der Waals surface area contributed by atoms with Crippen molar-refractivity contribution in [3.05, 3.63) is 0 Å². The molecule has 0 radical (unpaired) electrons. The van der Waals surface area contributed by atoms with Crippen molar-refractivity contribution in [2.75, 3.05) is 7.11 Å². The minimum absolute atomic E-state index is 0. The third-order valence-corrected chi connectivity index (χ3v) is 4.49. The lowest BCUT2D eigenvalue weighted by Gasteiger charge is -2.16. The zero-order valence-corrected chi connectivity index (χ0v) is 16.6. The number of nitrogens with two attached hydrogens (primary N) is 1. The molecule has 0 fully saturated rings. The first-order valence-electron chi connectivity index (χ1n) is 9.65. The summed E-state index contributed by atoms with van der Waals surface area (Å²) in [5, 5.41) is 9.77. The van der Waals surface area contributed by atoms with Gasteiger partial charge in [-0.2, -0.15) is 0 Å². The van der Waals surface area contributed by atoms with Gasteiger partial charge in [-0.15, -0.1) is 12.4 Å². The van der Waals surface area contributed by atoms with Gasteiger partial charge in [0, 0.05) is 0 Å². The summed E-state index contributed by atoms with van der Waals surface area (Å²) in [4.78, 5) is 11.2. The molecule has 146 valence electrons. The van der Waals surface area contributed by atoms with Crippen molar-refractivity contribution < 1.29 is 14.6 Å². The highest BCUT2D eigenvalue weighted by atomic mass is 35.5. The summed E-state index contributed by atoms with van der Waals surface area (Å²) < 4.78 is 4.53. The van der Waals surface area contributed by atoms with Crippen molar-refractivity contribution >= 4 is 18.4 Å². The number of rotatable bonds is 16. The van der Waals surface area contributed by atoms with E-state index in [0.717, 1.165) is 12.8 Å². The molecule has 0 aliphatic carbocycles. The number of aliphatic hydroxyl groups excluding tert-OH is 1. The Morgan fingerprint density at radius 2 is 1.25 bits per heavy atom. The largest absolute Gasteiger partial charge is 0.468 e. The van der Waals surface area contributed by atoms with Crippen LogP contribution in [0.2, 0.25) is 0 Å². The molecule has 5 heteroatoms. The number of esters is 1. The smallest absolute Gasteiger partial charge is 0.325 e. The number of aliphatic hydroxyl groups is 1. The zero-order valence-electron chi connectivity index (χ0n) is 15.8. The van der Waals surface area contributed by atoms with Gasteiger partial charge in [0.05, 0.1) is 13.2 Å². The van der Waals surface area contributed by atoms with Crippen LogP contribution in [0.25, 0.3) is 0 Å². The third-order valence-electron chi connectivity index (χ3n) is 4.49. The van der Waals surface area contributed by atoms with E-state index < -0.39 is 18.1 Å². The molecule has 0 saturated carbocycles. The molecule has 0 spiro atoms. The predicted molar refractivity (Wildman–Crippen MR) is 104 cm³/mol. The van der Waals surface area contributed by atoms with E-state index >= 15 is 0 Å². The quantitative estimate of drug-likeness (QED) is 0.306. The first kappa shape index (κ1) is 25.9. The van der Waals surface area contributed by atoms with Crippen molar-refractivity contribution in [3.63, 3.8) is 0 Å². The normalized spacial score (nSPS) is 13.2. The monoisotopic (exact) mass is 365 g/mol. The van der Waals surface area contributed by atoms with Crippen LogP contribution in [0.4, 0.5) is 0 Å². The zero-order chi connectivity index (χ0) is 17.3. The molecule has 0 aromatic rings. The molecule has 0 heterocycles. The maximum Gasteiger partial charge on any atom is 0.325 e. The van der Waals surface area contributed by atoms with Crippen molar-refractivity contribution in [3.8, 4) is 0 Å². The van der Waals surface area contributed by atoms with E-state index in [1.54, 1.807) is 0 Å². The van der Waals surface area contributed by atoms with E-state index in [1.807, 2.05) is 0 Å². The summed E-state index contributed by atoms with van der Waals surface area (Å²) >= 11 is 0. The minimum Gasteiger partial charge on any atom is -0.468 e. The second-order valence-corrected chi connectivity index (χ2v) is 6.65. The van der Waals surface area contributed by atoms with Gasteiger partial charge in [-0.05, 0) is 6.42 Å². The van der Waals surface area contributed by atoms with Gasteiger partial charge in [-0.1, -0.05) is 90.4 Å². The molecule has 0 aliphatic rings. The fraction of sp³-hybridized carbons (Fsp3) is 0.947. The molecule has 0 bridgehead atoms. The molecule has 0 aliphatic heterocycles. The number of carbonyl (C=O) groups is 1. The maximum absolute atomic E-state index is 11.2. The lowest BCUT2D eigenvalue weighted by molar-refractivity contribution is -0.145. The SMILES string of the molecule is CCCCCCCCCCCCCCCC(O)C(N)C(=O)OC.Cl. The highest BCUT2D eigenvalue weighted by Crippen LogP contribution is 2.13. The summed E-state index contributed by atoms with van der Waals surface area (Å²) in [6.07, 6.45) is 16.7. The number of hydrogen-bond donors (Lipinski definition) is 2. The average molecular weight is 366 g/mol. The van der Waals surface area contributed by atoms with Crippen LogP contribution in [-0.4, -0.2) is 30.3 Å². The molecule has 4 nitrogen and oxygen atoms in total. The Morgan fingerprint density at radius 1 is 0.875 bits per heavy atom. The molecule has 0 rings (SSSR count). The van der Waals surface area contributed by atoms with Gasteiger partial charge in [-0.25, -0.2) is 0 Å². The van der Waals surface area contributed by atoms with Crippen LogP contribution in [0.1, 0.15) is 96.8 Å². The molecule has 2 atom stereocenters. The summed E-state index contributed by atoms with van der Waals surface area (Å²) in [6, 6.07) is -0.905. The van der Waals surface area contributed by atoms with E-state index in [4.69, 9.17) is 5.73 Å². The second kappa shape index (κ2) is 19.0. The molecule has 24 heavy (non-hydrogen) atoms. The van der Waals surface area contributed by atoms with Gasteiger partial charge < -0.3 is 15.6 Å². The van der Waals surface area contributed by atoms with Crippen LogP contribution >= 0.6 is 12.4 Å². The Labute approximate surface area is 155 Å². The molecule has 0 aromatic carbocycles. The fourth-order valence-electron chi connectivity index (χ4n) is 2.84. The van der Waals surface area contributed by atoms with Crippen molar-refractivity contribution in [2.45, 2.75) is 109 Å². The Bertz CT molecular complexity index is 277. The molecular formula is C19H40ClNO3. The van der Waals surface area contributed by atoms with Gasteiger partial charge in [0.1, 0.15) is 6.04 Å². The van der Waals surface area contributed by atoms with Crippen LogP contribution < -0.4 is 5.73 Å². The second-order valence-electron chi connectivity index (χ2n) is 6.65. The van der Waals surface area contributed by atoms with Crippen LogP contribution in [-0.2, 0) is 9.53 Å². The lowest BCUT2D eigenvalue weighted by atomic mass is 10.0. The van der Waals surface area contributed by atoms with E-state index in [-0.39, 0.29) is 12.4 Å². The molecule has 2 unspecified atom stereocenters. The maximum atomic E-state index is 11.2. The molecule has 0 aromatic heterocycles. The Hall–Kier alpha value is -0.320. The summed E-state index contributed by atoms with van der Waals surface area (Å²) in [5.41, 5.74) is 5.59. The first-order valence-corrected chi connectivity index (χ1v) is 9.65. The van der Waals surface area contributed by atoms with Gasteiger partial charge in [-0.3, -0.25) is 4.79 Å². The van der Waals surface area contributed by atoms with Crippen LogP contribution in [0, 0.1) is 0 Å². The van der Waals surface area contributed by atoms with Crippen molar-refractivity contribution in [1.29, 1.82) is 0 Å². The average Bonchev–Trinajstić information content (AvgIpc) is 2.57. The molecule has 0 amide bonds. The minimum atomic E-state index is -0.905. The van der Waals surface area contributed by atoms with Crippen LogP contribution in [0.5, 0.6) is 0 Å². The lowest BCUT2D eigenvalue weighted by Crippen LogP contribution is -2.42. The van der Waals surface area contributed by atoms with Gasteiger partial charge >= 0.3 is 5.97 Å². The van der Waals surface area contributed by atoms with E-state index in [9.17, 15) is 9.90 Å². The molecule has 3 N–H and O–H groups in total. The van der Waals surface area contributed by atoms with E-state index in [0.29, 0.717) is 6.42 Å². The van der Waals surface area contributed by atoms with Crippen LogP contribution in [0.3, 0.4) is 0 Å². The highest BCUT2D eigenvalue weighted by Gasteiger charge is 2.22. The summed E-state index contributed by atoms with van der Waals surface area (Å²) in [7, 11) is 1.29. The number of methoxy groups -OCH3 is 1. The molecule has 0 saturated heterocycles. The van der Waals surface area contributed by atoms with Gasteiger partial charge in [0.2, 0.25) is 0 Å². The number of unbranched alkanes of at least 4 members (excludes halogenated alkanes) is 12. The van der Waals surface area contributed by atoms with Crippen molar-refractivity contribution in [2.24, 2.45) is 5.73 Å². The number of carbonyl (C=O) groups excluding carboxylic acids is 1. The Balaban J connectivity index is 0. The molecular weight excluding hydrogens is 326 g/mol. The fourth-order valence-corrected chi connectivity index (χ4v) is 2.84. The summed E-state index contributed by atoms with van der Waals surface area (Å²) in [6.45, 7) is 2.26. The Morgan fingerprint density at radius 3 is 1.62 bits per heavy atom. The summed E-state index contributed by atoms with van der Waals surface area (Å²) in [5.74, 6) is -0.535. The highest BCUT2D eigenvalue weighted by molar-refractivity contribution is 5.85. The topological polar surface area (TPSA) is 72.5 Å². The third kappa shape index (κ3) is 15.2. The predicted octanol–water partition coefficient (Wildman–Crippen LogP) is 4.75.